The Morgan fingerprint density at radius 1 is 1.14 bits per heavy atom. The Balaban J connectivity index is 1.82. The van der Waals surface area contributed by atoms with Crippen LogP contribution in [-0.4, -0.2) is 30.2 Å². The number of phenolic OH excluding ortho intramolecular Hbond substituents is 1. The number of phenols is 1. The van der Waals surface area contributed by atoms with Gasteiger partial charge < -0.3 is 9.67 Å². The lowest BCUT2D eigenvalue weighted by Crippen LogP contribution is -2.17. The van der Waals surface area contributed by atoms with E-state index >= 15 is 0 Å². The number of nitrogens with two attached hydrogens (primary N) is 1. The molecule has 1 heterocycles. The van der Waals surface area contributed by atoms with Gasteiger partial charge in [-0.3, -0.25) is 4.79 Å². The predicted octanol–water partition coefficient (Wildman–Crippen LogP) is 2.21. The fraction of sp³-hybridized carbons (Fsp3) is 0.100. The number of aromatic hydroxyl groups is 1. The van der Waals surface area contributed by atoms with Crippen LogP contribution in [0.1, 0.15) is 27.3 Å². The van der Waals surface area contributed by atoms with Crippen molar-refractivity contribution in [3.8, 4) is 11.4 Å². The number of amides is 1. The molecule has 0 aliphatic heterocycles. The van der Waals surface area contributed by atoms with Crippen LogP contribution < -0.4 is 10.6 Å². The zero-order chi connectivity index (χ0) is 21.2. The molecule has 0 saturated heterocycles. The van der Waals surface area contributed by atoms with Crippen LogP contribution in [0.25, 0.3) is 5.69 Å². The Bertz CT molecular complexity index is 1200. The highest BCUT2D eigenvalue weighted by molar-refractivity contribution is 7.89. The molecule has 8 nitrogen and oxygen atoms in total. The molecule has 9 heteroatoms. The van der Waals surface area contributed by atoms with Crippen LogP contribution >= 0.6 is 0 Å². The maximum absolute atomic E-state index is 12.1. The summed E-state index contributed by atoms with van der Waals surface area (Å²) in [5, 5.41) is 18.8. The average molecular weight is 412 g/mol. The van der Waals surface area contributed by atoms with Crippen molar-refractivity contribution in [3.05, 3.63) is 77.1 Å². The number of primary sulfonamides is 1. The third kappa shape index (κ3) is 4.36. The summed E-state index contributed by atoms with van der Waals surface area (Å²) in [6.07, 6.45) is 1.51. The second kappa shape index (κ2) is 7.90. The van der Waals surface area contributed by atoms with E-state index in [1.54, 1.807) is 24.3 Å². The molecule has 0 unspecified atom stereocenters. The molecular weight excluding hydrogens is 392 g/mol. The van der Waals surface area contributed by atoms with E-state index in [-0.39, 0.29) is 16.2 Å². The molecule has 1 amide bonds. The number of hydrogen-bond acceptors (Lipinski definition) is 5. The number of sulfonamides is 1. The first-order chi connectivity index (χ1) is 13.7. The number of carbonyl (C=O) groups excluding carboxylic acids is 1. The summed E-state index contributed by atoms with van der Waals surface area (Å²) in [5.74, 6) is -0.645. The van der Waals surface area contributed by atoms with E-state index in [0.717, 1.165) is 22.6 Å². The second-order valence-corrected chi connectivity index (χ2v) is 7.98. The van der Waals surface area contributed by atoms with Gasteiger partial charge in [0.25, 0.3) is 5.91 Å². The van der Waals surface area contributed by atoms with Crippen molar-refractivity contribution < 1.29 is 18.3 Å². The lowest BCUT2D eigenvalue weighted by atomic mass is 10.2. The first-order valence-corrected chi connectivity index (χ1v) is 10.2. The van der Waals surface area contributed by atoms with Crippen LogP contribution in [0.5, 0.6) is 5.75 Å². The fourth-order valence-electron chi connectivity index (χ4n) is 2.99. The maximum Gasteiger partial charge on any atom is 0.275 e. The van der Waals surface area contributed by atoms with Crippen molar-refractivity contribution in [2.24, 2.45) is 10.2 Å². The summed E-state index contributed by atoms with van der Waals surface area (Å²) in [7, 11) is -3.75. The molecule has 150 valence electrons. The lowest BCUT2D eigenvalue weighted by Gasteiger charge is -2.10. The number of para-hydroxylation sites is 1. The number of rotatable bonds is 5. The molecule has 0 radical (unpaired) electrons. The fourth-order valence-corrected chi connectivity index (χ4v) is 3.50. The van der Waals surface area contributed by atoms with Gasteiger partial charge in [0, 0.05) is 22.6 Å². The first-order valence-electron chi connectivity index (χ1n) is 8.62. The third-order valence-electron chi connectivity index (χ3n) is 4.41. The Morgan fingerprint density at radius 3 is 2.41 bits per heavy atom. The third-order valence-corrected chi connectivity index (χ3v) is 5.34. The van der Waals surface area contributed by atoms with Crippen molar-refractivity contribution in [2.45, 2.75) is 18.7 Å². The monoisotopic (exact) mass is 412 g/mol. The average Bonchev–Trinajstić information content (AvgIpc) is 2.95. The maximum atomic E-state index is 12.1. The molecule has 0 aliphatic carbocycles. The van der Waals surface area contributed by atoms with Crippen molar-refractivity contribution in [1.82, 2.24) is 9.99 Å². The number of hydrazone groups is 1. The van der Waals surface area contributed by atoms with Gasteiger partial charge in [0.1, 0.15) is 5.75 Å². The number of aromatic nitrogens is 1. The normalized spacial score (nSPS) is 11.7. The molecule has 0 fully saturated rings. The number of benzene rings is 2. The van der Waals surface area contributed by atoms with Crippen LogP contribution in [0.3, 0.4) is 0 Å². The van der Waals surface area contributed by atoms with Gasteiger partial charge in [0.15, 0.2) is 0 Å². The molecule has 3 rings (SSSR count). The molecule has 0 saturated carbocycles. The highest BCUT2D eigenvalue weighted by Crippen LogP contribution is 2.21. The topological polar surface area (TPSA) is 127 Å². The molecular formula is C20H20N4O4S. The Hall–Kier alpha value is -3.43. The largest absolute Gasteiger partial charge is 0.507 e. The summed E-state index contributed by atoms with van der Waals surface area (Å²) < 4.78 is 24.8. The summed E-state index contributed by atoms with van der Waals surface area (Å²) in [6, 6.07) is 14.3. The van der Waals surface area contributed by atoms with Gasteiger partial charge >= 0.3 is 0 Å². The van der Waals surface area contributed by atoms with Crippen LogP contribution in [-0.2, 0) is 10.0 Å². The first kappa shape index (κ1) is 20.3. The van der Waals surface area contributed by atoms with Gasteiger partial charge in [-0.15, -0.1) is 0 Å². The number of aryl methyl sites for hydroxylation is 1. The highest BCUT2D eigenvalue weighted by atomic mass is 32.2. The second-order valence-electron chi connectivity index (χ2n) is 6.42. The molecule has 2 aromatic carbocycles. The number of nitrogens with one attached hydrogen (secondary N) is 1. The van der Waals surface area contributed by atoms with Crippen molar-refractivity contribution in [2.75, 3.05) is 0 Å². The van der Waals surface area contributed by atoms with Gasteiger partial charge in [-0.25, -0.2) is 19.0 Å². The Kier molecular flexibility index (Phi) is 5.53. The molecule has 3 aromatic rings. The van der Waals surface area contributed by atoms with Gasteiger partial charge in [-0.2, -0.15) is 5.10 Å². The van der Waals surface area contributed by atoms with Crippen LogP contribution in [0.15, 0.2) is 64.6 Å². The number of hydrogen-bond donors (Lipinski definition) is 3. The Labute approximate surface area is 168 Å². The zero-order valence-corrected chi connectivity index (χ0v) is 16.6. The lowest BCUT2D eigenvalue weighted by molar-refractivity contribution is 0.0952. The van der Waals surface area contributed by atoms with Crippen LogP contribution in [0.4, 0.5) is 0 Å². The van der Waals surface area contributed by atoms with Gasteiger partial charge in [-0.1, -0.05) is 12.1 Å². The minimum atomic E-state index is -3.75. The standard InChI is InChI=1S/C20H20N4O4S/c1-13-11-15(12-22-23-20(26)18-5-3-4-6-19(18)25)14(2)24(13)16-7-9-17(10-8-16)29(21,27)28/h3-12,25H,1-2H3,(H,23,26)(H2,21,27,28)/b22-12+. The van der Waals surface area contributed by atoms with E-state index < -0.39 is 15.9 Å². The molecule has 4 N–H and O–H groups in total. The predicted molar refractivity (Wildman–Crippen MR) is 110 cm³/mol. The summed E-state index contributed by atoms with van der Waals surface area (Å²) >= 11 is 0. The molecule has 0 aliphatic rings. The van der Waals surface area contributed by atoms with Gasteiger partial charge in [0.05, 0.1) is 16.7 Å². The van der Waals surface area contributed by atoms with Crippen LogP contribution in [0, 0.1) is 13.8 Å². The minimum Gasteiger partial charge on any atom is -0.507 e. The van der Waals surface area contributed by atoms with Gasteiger partial charge in [0.2, 0.25) is 10.0 Å². The molecule has 0 bridgehead atoms. The molecule has 0 atom stereocenters. The smallest absolute Gasteiger partial charge is 0.275 e. The highest BCUT2D eigenvalue weighted by Gasteiger charge is 2.12. The number of carbonyl (C=O) groups is 1. The van der Waals surface area contributed by atoms with Crippen molar-refractivity contribution in [1.29, 1.82) is 0 Å². The summed E-state index contributed by atoms with van der Waals surface area (Å²) in [4.78, 5) is 12.1. The van der Waals surface area contributed by atoms with E-state index in [9.17, 15) is 18.3 Å². The zero-order valence-electron chi connectivity index (χ0n) is 15.8. The quantitative estimate of drug-likeness (QED) is 0.438. The van der Waals surface area contributed by atoms with E-state index in [1.165, 1.54) is 30.5 Å². The Morgan fingerprint density at radius 2 is 1.79 bits per heavy atom. The minimum absolute atomic E-state index is 0.0392. The van der Waals surface area contributed by atoms with E-state index in [2.05, 4.69) is 10.5 Å². The molecule has 1 aromatic heterocycles. The van der Waals surface area contributed by atoms with Gasteiger partial charge in [-0.05, 0) is 56.3 Å². The SMILES string of the molecule is Cc1cc(/C=N/NC(=O)c2ccccc2O)c(C)n1-c1ccc(S(N)(=O)=O)cc1. The van der Waals surface area contributed by atoms with Crippen molar-refractivity contribution in [3.63, 3.8) is 0 Å². The van der Waals surface area contributed by atoms with E-state index in [0.29, 0.717) is 0 Å². The summed E-state index contributed by atoms with van der Waals surface area (Å²) in [5.41, 5.74) is 5.82. The van der Waals surface area contributed by atoms with E-state index in [4.69, 9.17) is 5.14 Å². The van der Waals surface area contributed by atoms with Crippen molar-refractivity contribution >= 4 is 22.1 Å². The number of nitrogens with zero attached hydrogens (tertiary/aromatic N) is 2. The van der Waals surface area contributed by atoms with Crippen LogP contribution in [0.2, 0.25) is 0 Å². The molecule has 0 spiro atoms. The van der Waals surface area contributed by atoms with E-state index in [1.807, 2.05) is 24.5 Å². The molecule has 29 heavy (non-hydrogen) atoms. The summed E-state index contributed by atoms with van der Waals surface area (Å²) in [6.45, 7) is 3.78.